The van der Waals surface area contributed by atoms with E-state index in [4.69, 9.17) is 0 Å². The maximum Gasteiger partial charge on any atom is 0.129 e. The number of benzene rings is 1. The monoisotopic (exact) mass is 208 g/mol. The van der Waals surface area contributed by atoms with Gasteiger partial charge in [-0.1, -0.05) is 19.1 Å². The average Bonchev–Trinajstić information content (AvgIpc) is 2.21. The number of halogens is 1. The molecular weight excluding hydrogens is 191 g/mol. The van der Waals surface area contributed by atoms with Gasteiger partial charge in [0.05, 0.1) is 6.10 Å². The Morgan fingerprint density at radius 2 is 1.80 bits per heavy atom. The molecule has 0 aromatic heterocycles. The largest absolute Gasteiger partial charge is 0.393 e. The predicted octanol–water partition coefficient (Wildman–Crippen LogP) is 2.93. The second kappa shape index (κ2) is 3.60. The van der Waals surface area contributed by atoms with E-state index >= 15 is 0 Å². The van der Waals surface area contributed by atoms with Gasteiger partial charge in [0, 0.05) is 0 Å². The molecule has 1 fully saturated rings. The Morgan fingerprint density at radius 1 is 1.27 bits per heavy atom. The molecule has 1 nitrogen and oxygen atoms in total. The van der Waals surface area contributed by atoms with Crippen molar-refractivity contribution in [1.82, 2.24) is 0 Å². The van der Waals surface area contributed by atoms with E-state index in [0.717, 1.165) is 6.42 Å². The first-order valence-corrected chi connectivity index (χ1v) is 5.45. The number of aliphatic hydroxyl groups excluding tert-OH is 1. The van der Waals surface area contributed by atoms with E-state index in [-0.39, 0.29) is 11.9 Å². The zero-order valence-corrected chi connectivity index (χ0v) is 9.42. The first kappa shape index (κ1) is 10.6. The van der Waals surface area contributed by atoms with Crippen molar-refractivity contribution in [3.05, 3.63) is 34.6 Å². The van der Waals surface area contributed by atoms with Gasteiger partial charge >= 0.3 is 0 Å². The van der Waals surface area contributed by atoms with Crippen molar-refractivity contribution in [2.24, 2.45) is 5.92 Å². The normalized spacial score (nSPS) is 30.1. The molecule has 3 unspecified atom stereocenters. The Kier molecular flexibility index (Phi) is 2.55. The van der Waals surface area contributed by atoms with E-state index in [2.05, 4.69) is 0 Å². The van der Waals surface area contributed by atoms with Crippen molar-refractivity contribution < 1.29 is 9.50 Å². The van der Waals surface area contributed by atoms with E-state index in [1.54, 1.807) is 13.8 Å². The summed E-state index contributed by atoms with van der Waals surface area (Å²) in [6, 6.07) is 3.82. The molecule has 1 aromatic rings. The molecule has 0 radical (unpaired) electrons. The van der Waals surface area contributed by atoms with Gasteiger partial charge in [0.25, 0.3) is 0 Å². The standard InChI is InChI=1S/C13H17FO/c1-7-4-10(5-8(2)13(7)14)11-6-12(15)9(11)3/h4-5,9,11-12,15H,6H2,1-3H3. The highest BCUT2D eigenvalue weighted by Crippen LogP contribution is 2.42. The third-order valence-corrected chi connectivity index (χ3v) is 3.62. The number of aryl methyl sites for hydroxylation is 2. The van der Waals surface area contributed by atoms with Crippen LogP contribution in [0.25, 0.3) is 0 Å². The second-order valence-corrected chi connectivity index (χ2v) is 4.74. The van der Waals surface area contributed by atoms with E-state index in [0.29, 0.717) is 23.0 Å². The fourth-order valence-corrected chi connectivity index (χ4v) is 2.39. The van der Waals surface area contributed by atoms with Crippen LogP contribution in [0.2, 0.25) is 0 Å². The first-order chi connectivity index (χ1) is 7.00. The quantitative estimate of drug-likeness (QED) is 0.752. The summed E-state index contributed by atoms with van der Waals surface area (Å²) in [5.74, 6) is 0.596. The lowest BCUT2D eigenvalue weighted by molar-refractivity contribution is 0.0117. The van der Waals surface area contributed by atoms with Gasteiger partial charge in [0.15, 0.2) is 0 Å². The van der Waals surface area contributed by atoms with Crippen LogP contribution in [0.3, 0.4) is 0 Å². The Hall–Kier alpha value is -0.890. The highest BCUT2D eigenvalue weighted by molar-refractivity contribution is 5.34. The molecule has 0 bridgehead atoms. The van der Waals surface area contributed by atoms with E-state index in [9.17, 15) is 9.50 Å². The van der Waals surface area contributed by atoms with Crippen molar-refractivity contribution in [3.63, 3.8) is 0 Å². The summed E-state index contributed by atoms with van der Waals surface area (Å²) in [5, 5.41) is 9.47. The lowest BCUT2D eigenvalue weighted by Gasteiger charge is -2.40. The molecule has 1 aliphatic rings. The van der Waals surface area contributed by atoms with Gasteiger partial charge in [0.1, 0.15) is 5.82 Å². The van der Waals surface area contributed by atoms with Gasteiger partial charge in [0.2, 0.25) is 0 Å². The molecule has 0 amide bonds. The highest BCUT2D eigenvalue weighted by atomic mass is 19.1. The fraction of sp³-hybridized carbons (Fsp3) is 0.538. The minimum atomic E-state index is -0.180. The van der Waals surface area contributed by atoms with Gasteiger partial charge in [-0.15, -0.1) is 0 Å². The lowest BCUT2D eigenvalue weighted by atomic mass is 9.68. The Labute approximate surface area is 89.9 Å². The minimum Gasteiger partial charge on any atom is -0.393 e. The molecule has 3 atom stereocenters. The van der Waals surface area contributed by atoms with Gasteiger partial charge in [-0.2, -0.15) is 0 Å². The molecule has 15 heavy (non-hydrogen) atoms. The minimum absolute atomic E-state index is 0.105. The molecule has 1 aromatic carbocycles. The zero-order valence-electron chi connectivity index (χ0n) is 9.42. The summed E-state index contributed by atoms with van der Waals surface area (Å²) in [6.07, 6.45) is 0.631. The van der Waals surface area contributed by atoms with Crippen LogP contribution in [0.1, 0.15) is 36.0 Å². The van der Waals surface area contributed by atoms with Crippen LogP contribution in [0.5, 0.6) is 0 Å². The van der Waals surface area contributed by atoms with Crippen LogP contribution in [0.4, 0.5) is 4.39 Å². The summed E-state index contributed by atoms with van der Waals surface area (Å²) in [4.78, 5) is 0. The van der Waals surface area contributed by atoms with Crippen LogP contribution in [-0.2, 0) is 0 Å². The van der Waals surface area contributed by atoms with Crippen LogP contribution in [0, 0.1) is 25.6 Å². The molecule has 0 aliphatic heterocycles. The van der Waals surface area contributed by atoms with Crippen LogP contribution in [-0.4, -0.2) is 11.2 Å². The third-order valence-electron chi connectivity index (χ3n) is 3.62. The molecule has 1 aliphatic carbocycles. The fourth-order valence-electron chi connectivity index (χ4n) is 2.39. The summed E-state index contributed by atoms with van der Waals surface area (Å²) in [7, 11) is 0. The van der Waals surface area contributed by atoms with Crippen molar-refractivity contribution in [1.29, 1.82) is 0 Å². The molecule has 1 saturated carbocycles. The molecule has 2 rings (SSSR count). The Morgan fingerprint density at radius 3 is 2.20 bits per heavy atom. The summed E-state index contributed by atoms with van der Waals surface area (Å²) in [6.45, 7) is 5.64. The van der Waals surface area contributed by atoms with E-state index in [1.807, 2.05) is 19.1 Å². The van der Waals surface area contributed by atoms with Crippen LogP contribution < -0.4 is 0 Å². The highest BCUT2D eigenvalue weighted by Gasteiger charge is 2.37. The maximum atomic E-state index is 13.4. The lowest BCUT2D eigenvalue weighted by Crippen LogP contribution is -2.37. The van der Waals surface area contributed by atoms with E-state index < -0.39 is 0 Å². The van der Waals surface area contributed by atoms with Gasteiger partial charge in [-0.05, 0) is 48.8 Å². The summed E-state index contributed by atoms with van der Waals surface area (Å²) in [5.41, 5.74) is 2.58. The van der Waals surface area contributed by atoms with Crippen LogP contribution >= 0.6 is 0 Å². The van der Waals surface area contributed by atoms with Crippen molar-refractivity contribution >= 4 is 0 Å². The number of aliphatic hydroxyl groups is 1. The SMILES string of the molecule is Cc1cc(C2CC(O)C2C)cc(C)c1F. The molecule has 1 N–H and O–H groups in total. The molecule has 0 spiro atoms. The van der Waals surface area contributed by atoms with E-state index in [1.165, 1.54) is 5.56 Å². The topological polar surface area (TPSA) is 20.2 Å². The molecule has 0 heterocycles. The average molecular weight is 208 g/mol. The second-order valence-electron chi connectivity index (χ2n) is 4.74. The molecular formula is C13H17FO. The molecule has 82 valence electrons. The van der Waals surface area contributed by atoms with Crippen molar-refractivity contribution in [3.8, 4) is 0 Å². The van der Waals surface area contributed by atoms with Gasteiger partial charge < -0.3 is 5.11 Å². The van der Waals surface area contributed by atoms with Crippen LogP contribution in [0.15, 0.2) is 12.1 Å². The summed E-state index contributed by atoms with van der Waals surface area (Å²) >= 11 is 0. The van der Waals surface area contributed by atoms with Gasteiger partial charge in [-0.25, -0.2) is 4.39 Å². The first-order valence-electron chi connectivity index (χ1n) is 5.45. The molecule has 0 saturated heterocycles. The van der Waals surface area contributed by atoms with Crippen molar-refractivity contribution in [2.45, 2.75) is 39.2 Å². The predicted molar refractivity (Wildman–Crippen MR) is 58.4 cm³/mol. The summed E-state index contributed by atoms with van der Waals surface area (Å²) < 4.78 is 13.4. The Balaban J connectivity index is 2.31. The maximum absolute atomic E-state index is 13.4. The zero-order chi connectivity index (χ0) is 11.2. The smallest absolute Gasteiger partial charge is 0.129 e. The Bertz CT molecular complexity index is 363. The number of hydrogen-bond acceptors (Lipinski definition) is 1. The van der Waals surface area contributed by atoms with Gasteiger partial charge in [-0.3, -0.25) is 0 Å². The number of rotatable bonds is 1. The van der Waals surface area contributed by atoms with Crippen molar-refractivity contribution in [2.75, 3.05) is 0 Å². The third kappa shape index (κ3) is 1.67. The molecule has 2 heteroatoms. The number of hydrogen-bond donors (Lipinski definition) is 1.